The molecule has 0 bridgehead atoms. The molecule has 180 valence electrons. The lowest BCUT2D eigenvalue weighted by molar-refractivity contribution is -0.120. The van der Waals surface area contributed by atoms with Gasteiger partial charge in [-0.25, -0.2) is 16.8 Å². The highest BCUT2D eigenvalue weighted by Gasteiger charge is 2.33. The molecular weight excluding hydrogens is 486 g/mol. The number of amides is 1. The van der Waals surface area contributed by atoms with Gasteiger partial charge in [-0.05, 0) is 61.4 Å². The van der Waals surface area contributed by atoms with Crippen LogP contribution in [0.5, 0.6) is 0 Å². The summed E-state index contributed by atoms with van der Waals surface area (Å²) in [5, 5.41) is 3.23. The summed E-state index contributed by atoms with van der Waals surface area (Å²) in [6.45, 7) is 4.70. The molecule has 11 heteroatoms. The molecule has 1 aliphatic heterocycles. The summed E-state index contributed by atoms with van der Waals surface area (Å²) in [5.74, 6) is -0.815. The number of halogens is 1. The van der Waals surface area contributed by atoms with Crippen LogP contribution in [-0.2, 0) is 24.8 Å². The van der Waals surface area contributed by atoms with Crippen molar-refractivity contribution >= 4 is 43.2 Å². The van der Waals surface area contributed by atoms with Gasteiger partial charge in [0.1, 0.15) is 0 Å². The van der Waals surface area contributed by atoms with E-state index in [0.717, 1.165) is 0 Å². The van der Waals surface area contributed by atoms with Gasteiger partial charge >= 0.3 is 0 Å². The first-order chi connectivity index (χ1) is 15.6. The van der Waals surface area contributed by atoms with Gasteiger partial charge in [0.2, 0.25) is 26.0 Å². The van der Waals surface area contributed by atoms with E-state index in [4.69, 9.17) is 11.6 Å². The highest BCUT2D eigenvalue weighted by molar-refractivity contribution is 7.89. The number of nitrogens with zero attached hydrogens (tertiary/aromatic N) is 2. The second-order valence-electron chi connectivity index (χ2n) is 7.76. The summed E-state index contributed by atoms with van der Waals surface area (Å²) in [6.07, 6.45) is 1.12. The summed E-state index contributed by atoms with van der Waals surface area (Å²) in [5.41, 5.74) is 0.455. The van der Waals surface area contributed by atoms with Crippen molar-refractivity contribution in [1.29, 1.82) is 0 Å². The van der Waals surface area contributed by atoms with Gasteiger partial charge in [0.25, 0.3) is 0 Å². The molecule has 8 nitrogen and oxygen atoms in total. The molecule has 3 rings (SSSR count). The van der Waals surface area contributed by atoms with Crippen LogP contribution in [-0.4, -0.2) is 57.5 Å². The Hall–Kier alpha value is -1.98. The third-order valence-electron chi connectivity index (χ3n) is 5.67. The second kappa shape index (κ2) is 10.5. The molecule has 2 aromatic rings. The molecule has 0 saturated carbocycles. The van der Waals surface area contributed by atoms with Gasteiger partial charge in [-0.15, -0.1) is 0 Å². The lowest BCUT2D eigenvalue weighted by Gasteiger charge is -2.31. The minimum absolute atomic E-state index is 0.0746. The van der Waals surface area contributed by atoms with Gasteiger partial charge in [0.15, 0.2) is 0 Å². The van der Waals surface area contributed by atoms with E-state index in [9.17, 15) is 21.6 Å². The molecule has 1 heterocycles. The number of nitrogens with one attached hydrogen (secondary N) is 1. The summed E-state index contributed by atoms with van der Waals surface area (Å²) < 4.78 is 53.8. The number of hydrogen-bond acceptors (Lipinski definition) is 5. The van der Waals surface area contributed by atoms with Crippen LogP contribution >= 0.6 is 11.6 Å². The van der Waals surface area contributed by atoms with Crippen molar-refractivity contribution in [2.75, 3.05) is 31.5 Å². The van der Waals surface area contributed by atoms with E-state index in [-0.39, 0.29) is 22.2 Å². The summed E-state index contributed by atoms with van der Waals surface area (Å²) in [4.78, 5) is 13.1. The predicted octanol–water partition coefficient (Wildman–Crippen LogP) is 3.41. The van der Waals surface area contributed by atoms with Gasteiger partial charge in [0.05, 0.1) is 15.7 Å². The normalized spacial score (nSPS) is 17.8. The van der Waals surface area contributed by atoms with Crippen LogP contribution in [0.2, 0.25) is 5.02 Å². The summed E-state index contributed by atoms with van der Waals surface area (Å²) in [6, 6.07) is 11.9. The number of carbonyl (C=O) groups is 1. The Morgan fingerprint density at radius 1 is 1.00 bits per heavy atom. The largest absolute Gasteiger partial charge is 0.326 e. The van der Waals surface area contributed by atoms with Gasteiger partial charge in [0, 0.05) is 36.9 Å². The van der Waals surface area contributed by atoms with E-state index in [0.29, 0.717) is 43.2 Å². The standard InChI is InChI=1S/C22H28ClN3O5S2/c1-3-25(4-2)32(28,29)21-13-9-19(10-14-21)24-22(27)17-6-5-15-26(16-17)33(30,31)20-11-7-18(23)8-12-20/h7-14,17H,3-6,15-16H2,1-2H3,(H,24,27)/t17-/m0/s1. The molecule has 0 unspecified atom stereocenters. The smallest absolute Gasteiger partial charge is 0.243 e. The Kier molecular flexibility index (Phi) is 8.17. The number of piperidine rings is 1. The van der Waals surface area contributed by atoms with E-state index < -0.39 is 26.0 Å². The minimum Gasteiger partial charge on any atom is -0.326 e. The van der Waals surface area contributed by atoms with Crippen LogP contribution in [0, 0.1) is 5.92 Å². The lowest BCUT2D eigenvalue weighted by atomic mass is 9.99. The van der Waals surface area contributed by atoms with Crippen molar-refractivity contribution in [3.63, 3.8) is 0 Å². The van der Waals surface area contributed by atoms with Gasteiger partial charge < -0.3 is 5.32 Å². The van der Waals surface area contributed by atoms with Crippen LogP contribution < -0.4 is 5.32 Å². The van der Waals surface area contributed by atoms with Crippen molar-refractivity contribution in [1.82, 2.24) is 8.61 Å². The number of sulfonamides is 2. The zero-order valence-electron chi connectivity index (χ0n) is 18.6. The van der Waals surface area contributed by atoms with E-state index in [1.165, 1.54) is 45.0 Å². The van der Waals surface area contributed by atoms with Crippen molar-refractivity contribution < 1.29 is 21.6 Å². The van der Waals surface area contributed by atoms with Gasteiger partial charge in [-0.2, -0.15) is 8.61 Å². The first-order valence-corrected chi connectivity index (χ1v) is 14.0. The fourth-order valence-electron chi connectivity index (χ4n) is 3.80. The highest BCUT2D eigenvalue weighted by atomic mass is 35.5. The zero-order valence-corrected chi connectivity index (χ0v) is 21.0. The maximum Gasteiger partial charge on any atom is 0.243 e. The van der Waals surface area contributed by atoms with Crippen LogP contribution in [0.4, 0.5) is 5.69 Å². The second-order valence-corrected chi connectivity index (χ2v) is 12.1. The molecule has 33 heavy (non-hydrogen) atoms. The van der Waals surface area contributed by atoms with Gasteiger partial charge in [-0.1, -0.05) is 25.4 Å². The van der Waals surface area contributed by atoms with Crippen molar-refractivity contribution in [3.8, 4) is 0 Å². The molecule has 1 atom stereocenters. The Balaban J connectivity index is 1.68. The molecule has 0 aliphatic carbocycles. The summed E-state index contributed by atoms with van der Waals surface area (Å²) in [7, 11) is -7.31. The molecule has 1 aliphatic rings. The fourth-order valence-corrected chi connectivity index (χ4v) is 6.91. The molecule has 0 spiro atoms. The SMILES string of the molecule is CCN(CC)S(=O)(=O)c1ccc(NC(=O)[C@H]2CCCN(S(=O)(=O)c3ccc(Cl)cc3)C2)cc1. The Labute approximate surface area is 200 Å². The first kappa shape index (κ1) is 25.6. The monoisotopic (exact) mass is 513 g/mol. The maximum atomic E-state index is 13.0. The molecule has 1 amide bonds. The molecule has 1 saturated heterocycles. The number of hydrogen-bond donors (Lipinski definition) is 1. The number of rotatable bonds is 8. The number of anilines is 1. The average molecular weight is 514 g/mol. The fraction of sp³-hybridized carbons (Fsp3) is 0.409. The first-order valence-electron chi connectivity index (χ1n) is 10.8. The van der Waals surface area contributed by atoms with Crippen molar-refractivity contribution in [2.24, 2.45) is 5.92 Å². The van der Waals surface area contributed by atoms with Crippen LogP contribution in [0.3, 0.4) is 0 Å². The number of benzene rings is 2. The minimum atomic E-state index is -3.73. The van der Waals surface area contributed by atoms with Crippen LogP contribution in [0.15, 0.2) is 58.3 Å². The number of carbonyl (C=O) groups excluding carboxylic acids is 1. The van der Waals surface area contributed by atoms with Crippen LogP contribution in [0.1, 0.15) is 26.7 Å². The molecule has 1 fully saturated rings. The van der Waals surface area contributed by atoms with Crippen LogP contribution in [0.25, 0.3) is 0 Å². The predicted molar refractivity (Wildman–Crippen MR) is 128 cm³/mol. The highest BCUT2D eigenvalue weighted by Crippen LogP contribution is 2.26. The van der Waals surface area contributed by atoms with E-state index in [1.54, 1.807) is 26.0 Å². The molecular formula is C22H28ClN3O5S2. The molecule has 1 N–H and O–H groups in total. The zero-order chi connectivity index (χ0) is 24.2. The maximum absolute atomic E-state index is 13.0. The van der Waals surface area contributed by atoms with E-state index in [2.05, 4.69) is 5.32 Å². The topological polar surface area (TPSA) is 104 Å². The third kappa shape index (κ3) is 5.75. The summed E-state index contributed by atoms with van der Waals surface area (Å²) >= 11 is 5.86. The van der Waals surface area contributed by atoms with Crippen molar-refractivity contribution in [2.45, 2.75) is 36.5 Å². The van der Waals surface area contributed by atoms with Gasteiger partial charge in [-0.3, -0.25) is 4.79 Å². The average Bonchev–Trinajstić information content (AvgIpc) is 2.80. The Morgan fingerprint density at radius 3 is 2.15 bits per heavy atom. The van der Waals surface area contributed by atoms with Crippen molar-refractivity contribution in [3.05, 3.63) is 53.6 Å². The Morgan fingerprint density at radius 2 is 1.58 bits per heavy atom. The molecule has 0 aromatic heterocycles. The molecule has 2 aromatic carbocycles. The van der Waals surface area contributed by atoms with E-state index >= 15 is 0 Å². The lowest BCUT2D eigenvalue weighted by Crippen LogP contribution is -2.43. The Bertz CT molecular complexity index is 1180. The van der Waals surface area contributed by atoms with E-state index in [1.807, 2.05) is 0 Å². The quantitative estimate of drug-likeness (QED) is 0.582. The third-order valence-corrected chi connectivity index (χ3v) is 9.87. The molecule has 0 radical (unpaired) electrons.